The van der Waals surface area contributed by atoms with Gasteiger partial charge in [-0.1, -0.05) is 19.1 Å². The Morgan fingerprint density at radius 3 is 2.65 bits per heavy atom. The standard InChI is InChI=1S/C17H29N3O2S/c1-13(10-19-17(18-3)20-14(2)11-21-4)12-23-16-9-7-6-8-15(16)22-5/h6-9,13-14H,10-12H2,1-5H3,(H2,18,19,20). The molecule has 130 valence electrons. The summed E-state index contributed by atoms with van der Waals surface area (Å²) in [4.78, 5) is 5.42. The molecule has 0 aliphatic carbocycles. The van der Waals surface area contributed by atoms with E-state index in [1.54, 1.807) is 21.3 Å². The van der Waals surface area contributed by atoms with Crippen LogP contribution < -0.4 is 15.4 Å². The van der Waals surface area contributed by atoms with E-state index in [9.17, 15) is 0 Å². The van der Waals surface area contributed by atoms with Crippen LogP contribution in [0.4, 0.5) is 0 Å². The third-order valence-electron chi connectivity index (χ3n) is 3.23. The number of nitrogens with zero attached hydrogens (tertiary/aromatic N) is 1. The summed E-state index contributed by atoms with van der Waals surface area (Å²) in [7, 11) is 5.19. The minimum absolute atomic E-state index is 0.226. The zero-order chi connectivity index (χ0) is 17.1. The van der Waals surface area contributed by atoms with Gasteiger partial charge in [0.15, 0.2) is 5.96 Å². The second kappa shape index (κ2) is 11.2. The van der Waals surface area contributed by atoms with Gasteiger partial charge in [-0.3, -0.25) is 4.99 Å². The van der Waals surface area contributed by atoms with Crippen molar-refractivity contribution in [2.24, 2.45) is 10.9 Å². The molecule has 2 unspecified atom stereocenters. The number of thioether (sulfide) groups is 1. The normalized spacial score (nSPS) is 14.2. The molecule has 0 aromatic heterocycles. The third kappa shape index (κ3) is 7.61. The van der Waals surface area contributed by atoms with E-state index in [4.69, 9.17) is 9.47 Å². The van der Waals surface area contributed by atoms with Gasteiger partial charge < -0.3 is 20.1 Å². The molecule has 1 aromatic rings. The molecule has 2 N–H and O–H groups in total. The number of methoxy groups -OCH3 is 2. The van der Waals surface area contributed by atoms with E-state index in [1.165, 1.54) is 4.90 Å². The Hall–Kier alpha value is -1.40. The van der Waals surface area contributed by atoms with Gasteiger partial charge in [-0.05, 0) is 25.0 Å². The molecule has 0 radical (unpaired) electrons. The molecule has 0 fully saturated rings. The number of hydrogen-bond acceptors (Lipinski definition) is 4. The van der Waals surface area contributed by atoms with Crippen LogP contribution in [0.15, 0.2) is 34.2 Å². The van der Waals surface area contributed by atoms with Crippen LogP contribution in [0.2, 0.25) is 0 Å². The number of benzene rings is 1. The number of hydrogen-bond donors (Lipinski definition) is 2. The first kappa shape index (κ1) is 19.6. The molecule has 0 bridgehead atoms. The lowest BCUT2D eigenvalue weighted by Gasteiger charge is -2.19. The van der Waals surface area contributed by atoms with Crippen molar-refractivity contribution < 1.29 is 9.47 Å². The van der Waals surface area contributed by atoms with Crippen molar-refractivity contribution in [2.45, 2.75) is 24.8 Å². The van der Waals surface area contributed by atoms with E-state index >= 15 is 0 Å². The van der Waals surface area contributed by atoms with Gasteiger partial charge in [-0.2, -0.15) is 0 Å². The number of ether oxygens (including phenoxy) is 2. The van der Waals surface area contributed by atoms with E-state index < -0.39 is 0 Å². The van der Waals surface area contributed by atoms with Gasteiger partial charge in [0.1, 0.15) is 5.75 Å². The first-order valence-electron chi connectivity index (χ1n) is 7.82. The molecular weight excluding hydrogens is 310 g/mol. The summed E-state index contributed by atoms with van der Waals surface area (Å²) >= 11 is 1.82. The van der Waals surface area contributed by atoms with Gasteiger partial charge in [0.25, 0.3) is 0 Å². The van der Waals surface area contributed by atoms with Crippen LogP contribution in [0.3, 0.4) is 0 Å². The fourth-order valence-electron chi connectivity index (χ4n) is 2.02. The molecule has 2 atom stereocenters. The number of nitrogens with one attached hydrogen (secondary N) is 2. The maximum absolute atomic E-state index is 5.38. The summed E-state index contributed by atoms with van der Waals surface area (Å²) in [6, 6.07) is 8.34. The molecule has 6 heteroatoms. The molecular formula is C17H29N3O2S. The van der Waals surface area contributed by atoms with Crippen LogP contribution in [0.1, 0.15) is 13.8 Å². The number of para-hydroxylation sites is 1. The van der Waals surface area contributed by atoms with Crippen molar-refractivity contribution in [3.8, 4) is 5.75 Å². The van der Waals surface area contributed by atoms with Crippen LogP contribution in [0.25, 0.3) is 0 Å². The minimum Gasteiger partial charge on any atom is -0.496 e. The second-order valence-electron chi connectivity index (χ2n) is 5.52. The molecule has 0 spiro atoms. The third-order valence-corrected chi connectivity index (χ3v) is 4.62. The highest BCUT2D eigenvalue weighted by atomic mass is 32.2. The molecule has 5 nitrogen and oxygen atoms in total. The van der Waals surface area contributed by atoms with Gasteiger partial charge in [0.05, 0.1) is 13.7 Å². The molecule has 0 amide bonds. The second-order valence-corrected chi connectivity index (χ2v) is 6.58. The number of guanidine groups is 1. The van der Waals surface area contributed by atoms with Crippen molar-refractivity contribution in [3.63, 3.8) is 0 Å². The molecule has 1 aromatic carbocycles. The van der Waals surface area contributed by atoms with Crippen molar-refractivity contribution in [1.29, 1.82) is 0 Å². The highest BCUT2D eigenvalue weighted by Crippen LogP contribution is 2.29. The summed E-state index contributed by atoms with van der Waals surface area (Å²) in [6.45, 7) is 5.81. The van der Waals surface area contributed by atoms with Crippen LogP contribution in [-0.2, 0) is 4.74 Å². The van der Waals surface area contributed by atoms with Gasteiger partial charge in [-0.15, -0.1) is 11.8 Å². The first-order chi connectivity index (χ1) is 11.1. The fraction of sp³-hybridized carbons (Fsp3) is 0.588. The lowest BCUT2D eigenvalue weighted by Crippen LogP contribution is -2.45. The molecule has 0 aliphatic rings. The number of aliphatic imine (C=N–C) groups is 1. The monoisotopic (exact) mass is 339 g/mol. The summed E-state index contributed by atoms with van der Waals surface area (Å²) in [6.07, 6.45) is 0. The summed E-state index contributed by atoms with van der Waals surface area (Å²) in [5.41, 5.74) is 0. The van der Waals surface area contributed by atoms with Crippen LogP contribution in [-0.4, -0.2) is 52.2 Å². The van der Waals surface area contributed by atoms with Crippen molar-refractivity contribution >= 4 is 17.7 Å². The topological polar surface area (TPSA) is 54.9 Å². The summed E-state index contributed by atoms with van der Waals surface area (Å²) in [5.74, 6) is 3.26. The van der Waals surface area contributed by atoms with Crippen molar-refractivity contribution in [1.82, 2.24) is 10.6 Å². The molecule has 0 heterocycles. The Balaban J connectivity index is 2.37. The molecule has 23 heavy (non-hydrogen) atoms. The van der Waals surface area contributed by atoms with E-state index in [0.717, 1.165) is 24.0 Å². The number of rotatable bonds is 9. The Morgan fingerprint density at radius 1 is 1.26 bits per heavy atom. The van der Waals surface area contributed by atoms with Crippen LogP contribution >= 0.6 is 11.8 Å². The predicted molar refractivity (Wildman–Crippen MR) is 98.7 cm³/mol. The summed E-state index contributed by atoms with van der Waals surface area (Å²) < 4.78 is 10.5. The predicted octanol–water partition coefficient (Wildman–Crippen LogP) is 2.62. The maximum atomic E-state index is 5.38. The first-order valence-corrected chi connectivity index (χ1v) is 8.81. The lowest BCUT2D eigenvalue weighted by molar-refractivity contribution is 0.179. The van der Waals surface area contributed by atoms with Gasteiger partial charge >= 0.3 is 0 Å². The maximum Gasteiger partial charge on any atom is 0.191 e. The molecule has 0 aliphatic heterocycles. The van der Waals surface area contributed by atoms with E-state index in [1.807, 2.05) is 30.0 Å². The molecule has 0 saturated carbocycles. The van der Waals surface area contributed by atoms with Gasteiger partial charge in [0.2, 0.25) is 0 Å². The smallest absolute Gasteiger partial charge is 0.191 e. The van der Waals surface area contributed by atoms with Crippen molar-refractivity contribution in [3.05, 3.63) is 24.3 Å². The lowest BCUT2D eigenvalue weighted by atomic mass is 10.2. The van der Waals surface area contributed by atoms with E-state index in [2.05, 4.69) is 35.5 Å². The molecule has 0 saturated heterocycles. The minimum atomic E-state index is 0.226. The average molecular weight is 340 g/mol. The zero-order valence-electron chi connectivity index (χ0n) is 14.8. The Labute approximate surface area is 144 Å². The Bertz CT molecular complexity index is 483. The average Bonchev–Trinajstić information content (AvgIpc) is 2.57. The largest absolute Gasteiger partial charge is 0.496 e. The Kier molecular flexibility index (Phi) is 9.55. The molecule has 1 rings (SSSR count). The fourth-order valence-corrected chi connectivity index (χ4v) is 3.07. The van der Waals surface area contributed by atoms with E-state index in [-0.39, 0.29) is 6.04 Å². The Morgan fingerprint density at radius 2 is 2.00 bits per heavy atom. The summed E-state index contributed by atoms with van der Waals surface area (Å²) in [5, 5.41) is 6.66. The highest BCUT2D eigenvalue weighted by molar-refractivity contribution is 7.99. The van der Waals surface area contributed by atoms with Gasteiger partial charge in [0, 0.05) is 37.4 Å². The van der Waals surface area contributed by atoms with Crippen molar-refractivity contribution in [2.75, 3.05) is 40.2 Å². The highest BCUT2D eigenvalue weighted by Gasteiger charge is 2.09. The SMILES string of the molecule is CN=C(NCC(C)CSc1ccccc1OC)NC(C)COC. The van der Waals surface area contributed by atoms with Gasteiger partial charge in [-0.25, -0.2) is 0 Å². The van der Waals surface area contributed by atoms with E-state index in [0.29, 0.717) is 12.5 Å². The van der Waals surface area contributed by atoms with Crippen LogP contribution in [0, 0.1) is 5.92 Å². The van der Waals surface area contributed by atoms with Crippen LogP contribution in [0.5, 0.6) is 5.75 Å². The quantitative estimate of drug-likeness (QED) is 0.411. The zero-order valence-corrected chi connectivity index (χ0v) is 15.6.